The van der Waals surface area contributed by atoms with Crippen molar-refractivity contribution in [1.82, 2.24) is 29.5 Å². The van der Waals surface area contributed by atoms with Crippen LogP contribution in [0, 0.1) is 0 Å². The van der Waals surface area contributed by atoms with Crippen LogP contribution in [0.5, 0.6) is 0 Å². The lowest BCUT2D eigenvalue weighted by Crippen LogP contribution is -2.48. The molecule has 23 heavy (non-hydrogen) atoms. The Morgan fingerprint density at radius 1 is 1.52 bits per heavy atom. The number of guanidine groups is 1. The highest BCUT2D eigenvalue weighted by Gasteiger charge is 2.24. The van der Waals surface area contributed by atoms with Crippen LogP contribution in [0.15, 0.2) is 36.1 Å². The molecule has 1 unspecified atom stereocenters. The minimum absolute atomic E-state index is 0.0321. The van der Waals surface area contributed by atoms with Crippen LogP contribution in [0.25, 0.3) is 0 Å². The van der Waals surface area contributed by atoms with E-state index in [1.807, 2.05) is 43.6 Å². The van der Waals surface area contributed by atoms with Crippen molar-refractivity contribution in [1.29, 1.82) is 0 Å². The zero-order chi connectivity index (χ0) is 16.1. The smallest absolute Gasteiger partial charge is 0.193 e. The number of aliphatic imine (C=N–C) groups is 1. The van der Waals surface area contributed by atoms with Gasteiger partial charge in [0.2, 0.25) is 0 Å². The van der Waals surface area contributed by atoms with Crippen molar-refractivity contribution in [3.8, 4) is 0 Å². The van der Waals surface area contributed by atoms with Gasteiger partial charge in [-0.2, -0.15) is 5.10 Å². The second kappa shape index (κ2) is 7.28. The van der Waals surface area contributed by atoms with E-state index in [0.717, 1.165) is 37.7 Å². The Hall–Kier alpha value is -2.35. The van der Waals surface area contributed by atoms with Crippen LogP contribution in [0.2, 0.25) is 0 Å². The lowest BCUT2D eigenvalue weighted by molar-refractivity contribution is -0.00802. The van der Waals surface area contributed by atoms with Crippen LogP contribution < -0.4 is 5.32 Å². The van der Waals surface area contributed by atoms with E-state index in [0.29, 0.717) is 6.61 Å². The summed E-state index contributed by atoms with van der Waals surface area (Å²) in [4.78, 5) is 10.7. The normalized spacial score (nSPS) is 19.1. The summed E-state index contributed by atoms with van der Waals surface area (Å²) in [5, 5.41) is 7.63. The topological polar surface area (TPSA) is 72.5 Å². The molecule has 1 aliphatic heterocycles. The van der Waals surface area contributed by atoms with E-state index in [2.05, 4.69) is 25.3 Å². The van der Waals surface area contributed by atoms with E-state index in [9.17, 15) is 0 Å². The Labute approximate surface area is 135 Å². The van der Waals surface area contributed by atoms with Crippen molar-refractivity contribution in [3.05, 3.63) is 36.7 Å². The molecule has 1 aliphatic rings. The first-order chi connectivity index (χ1) is 11.3. The predicted molar refractivity (Wildman–Crippen MR) is 87.1 cm³/mol. The van der Waals surface area contributed by atoms with E-state index in [1.165, 1.54) is 0 Å². The third kappa shape index (κ3) is 3.89. The van der Waals surface area contributed by atoms with Crippen molar-refractivity contribution < 1.29 is 4.74 Å². The van der Waals surface area contributed by atoms with Crippen LogP contribution in [-0.4, -0.2) is 63.5 Å². The molecule has 8 heteroatoms. The number of hydrogen-bond donors (Lipinski definition) is 1. The highest BCUT2D eigenvalue weighted by Crippen LogP contribution is 2.21. The molecule has 0 aromatic carbocycles. The van der Waals surface area contributed by atoms with Gasteiger partial charge in [0.1, 0.15) is 6.10 Å². The molecular weight excluding hydrogens is 294 g/mol. The van der Waals surface area contributed by atoms with E-state index in [1.54, 1.807) is 10.9 Å². The molecule has 0 aliphatic carbocycles. The molecule has 0 saturated carbocycles. The molecule has 2 aromatic rings. The largest absolute Gasteiger partial charge is 0.370 e. The molecule has 1 saturated heterocycles. The maximum atomic E-state index is 5.88. The highest BCUT2D eigenvalue weighted by atomic mass is 16.5. The molecule has 124 valence electrons. The Balaban J connectivity index is 1.55. The fourth-order valence-electron chi connectivity index (χ4n) is 2.70. The standard InChI is InChI=1S/C15H23N7O/c1-16-15(18-4-6-21-5-3-17-12-21)22-7-8-23-14(11-22)13-9-19-20(2)10-13/h3,5,9-10,12,14H,4,6-8,11H2,1-2H3,(H,16,18). The number of aromatic nitrogens is 4. The number of nitrogens with zero attached hydrogens (tertiary/aromatic N) is 6. The van der Waals surface area contributed by atoms with Gasteiger partial charge in [-0.15, -0.1) is 0 Å². The maximum absolute atomic E-state index is 5.88. The van der Waals surface area contributed by atoms with Gasteiger partial charge >= 0.3 is 0 Å². The lowest BCUT2D eigenvalue weighted by Gasteiger charge is -2.34. The van der Waals surface area contributed by atoms with Gasteiger partial charge in [0, 0.05) is 57.9 Å². The highest BCUT2D eigenvalue weighted by molar-refractivity contribution is 5.80. The molecule has 2 aromatic heterocycles. The molecule has 3 heterocycles. The summed E-state index contributed by atoms with van der Waals surface area (Å²) in [5.74, 6) is 0.905. The summed E-state index contributed by atoms with van der Waals surface area (Å²) in [6.07, 6.45) is 9.46. The third-order valence-electron chi connectivity index (χ3n) is 3.89. The second-order valence-corrected chi connectivity index (χ2v) is 5.53. The molecule has 1 N–H and O–H groups in total. The third-order valence-corrected chi connectivity index (χ3v) is 3.89. The van der Waals surface area contributed by atoms with Crippen LogP contribution >= 0.6 is 0 Å². The van der Waals surface area contributed by atoms with Gasteiger partial charge < -0.3 is 19.5 Å². The molecule has 0 amide bonds. The first kappa shape index (κ1) is 15.5. The first-order valence-corrected chi connectivity index (χ1v) is 7.78. The van der Waals surface area contributed by atoms with Crippen LogP contribution in [0.4, 0.5) is 0 Å². The van der Waals surface area contributed by atoms with Gasteiger partial charge in [-0.1, -0.05) is 0 Å². The predicted octanol–water partition coefficient (Wildman–Crippen LogP) is 0.265. The fourth-order valence-corrected chi connectivity index (χ4v) is 2.70. The number of rotatable bonds is 4. The maximum Gasteiger partial charge on any atom is 0.193 e. The van der Waals surface area contributed by atoms with Gasteiger partial charge in [0.15, 0.2) is 5.96 Å². The Morgan fingerprint density at radius 3 is 3.13 bits per heavy atom. The number of imidazole rings is 1. The number of hydrogen-bond acceptors (Lipinski definition) is 4. The molecule has 0 bridgehead atoms. The summed E-state index contributed by atoms with van der Waals surface area (Å²) in [6.45, 7) is 3.95. The van der Waals surface area contributed by atoms with Crippen LogP contribution in [-0.2, 0) is 18.3 Å². The average Bonchev–Trinajstić information content (AvgIpc) is 3.23. The first-order valence-electron chi connectivity index (χ1n) is 7.78. The van der Waals surface area contributed by atoms with Crippen molar-refractivity contribution in [3.63, 3.8) is 0 Å². The molecular formula is C15H23N7O. The number of ether oxygens (including phenoxy) is 1. The second-order valence-electron chi connectivity index (χ2n) is 5.53. The van der Waals surface area contributed by atoms with Crippen LogP contribution in [0.1, 0.15) is 11.7 Å². The molecule has 0 radical (unpaired) electrons. The zero-order valence-corrected chi connectivity index (χ0v) is 13.6. The van der Waals surface area contributed by atoms with Gasteiger partial charge in [0.25, 0.3) is 0 Å². The monoisotopic (exact) mass is 317 g/mol. The van der Waals surface area contributed by atoms with Crippen molar-refractivity contribution in [2.24, 2.45) is 12.0 Å². The SMILES string of the molecule is CN=C(NCCn1ccnc1)N1CCOC(c2cnn(C)c2)C1. The van der Waals surface area contributed by atoms with E-state index < -0.39 is 0 Å². The van der Waals surface area contributed by atoms with Gasteiger partial charge in [-0.05, 0) is 0 Å². The van der Waals surface area contributed by atoms with Gasteiger partial charge in [-0.25, -0.2) is 4.98 Å². The summed E-state index contributed by atoms with van der Waals surface area (Å²) in [5.41, 5.74) is 1.10. The molecule has 0 spiro atoms. The summed E-state index contributed by atoms with van der Waals surface area (Å²) in [6, 6.07) is 0. The van der Waals surface area contributed by atoms with Crippen molar-refractivity contribution in [2.45, 2.75) is 12.6 Å². The molecule has 1 fully saturated rings. The van der Waals surface area contributed by atoms with E-state index >= 15 is 0 Å². The minimum Gasteiger partial charge on any atom is -0.370 e. The van der Waals surface area contributed by atoms with Crippen molar-refractivity contribution >= 4 is 5.96 Å². The molecule has 8 nitrogen and oxygen atoms in total. The lowest BCUT2D eigenvalue weighted by atomic mass is 10.1. The summed E-state index contributed by atoms with van der Waals surface area (Å²) >= 11 is 0. The van der Waals surface area contributed by atoms with Crippen LogP contribution in [0.3, 0.4) is 0 Å². The fraction of sp³-hybridized carbons (Fsp3) is 0.533. The van der Waals surface area contributed by atoms with E-state index in [4.69, 9.17) is 4.74 Å². The summed E-state index contributed by atoms with van der Waals surface area (Å²) < 4.78 is 9.72. The Bertz CT molecular complexity index is 634. The zero-order valence-electron chi connectivity index (χ0n) is 13.6. The quantitative estimate of drug-likeness (QED) is 0.647. The van der Waals surface area contributed by atoms with Gasteiger partial charge in [0.05, 0.1) is 25.7 Å². The Morgan fingerprint density at radius 2 is 2.43 bits per heavy atom. The summed E-state index contributed by atoms with van der Waals surface area (Å²) in [7, 11) is 3.73. The number of aryl methyl sites for hydroxylation is 1. The molecule has 3 rings (SSSR count). The number of nitrogens with one attached hydrogen (secondary N) is 1. The Kier molecular flexibility index (Phi) is 4.92. The molecule has 1 atom stereocenters. The van der Waals surface area contributed by atoms with E-state index in [-0.39, 0.29) is 6.10 Å². The average molecular weight is 317 g/mol. The number of morpholine rings is 1. The van der Waals surface area contributed by atoms with Gasteiger partial charge in [-0.3, -0.25) is 9.67 Å². The van der Waals surface area contributed by atoms with Crippen molar-refractivity contribution in [2.75, 3.05) is 33.3 Å². The minimum atomic E-state index is 0.0321.